The lowest BCUT2D eigenvalue weighted by atomic mass is 10.0. The van der Waals surface area contributed by atoms with Crippen LogP contribution in [0.2, 0.25) is 0 Å². The first-order valence-corrected chi connectivity index (χ1v) is 7.21. The molecule has 0 atom stereocenters. The number of likely N-dealkylation sites (tertiary alicyclic amines) is 1. The summed E-state index contributed by atoms with van der Waals surface area (Å²) in [6, 6.07) is 0.275. The van der Waals surface area contributed by atoms with Crippen LogP contribution in [-0.2, 0) is 0 Å². The molecule has 0 aliphatic carbocycles. The van der Waals surface area contributed by atoms with Gasteiger partial charge in [-0.25, -0.2) is 0 Å². The van der Waals surface area contributed by atoms with E-state index in [9.17, 15) is 4.79 Å². The third kappa shape index (κ3) is 2.80. The van der Waals surface area contributed by atoms with Gasteiger partial charge < -0.3 is 15.5 Å². The number of hydrogen-bond donors (Lipinski definition) is 2. The molecule has 0 unspecified atom stereocenters. The van der Waals surface area contributed by atoms with E-state index >= 15 is 0 Å². The predicted octanol–water partition coefficient (Wildman–Crippen LogP) is 1.28. The van der Waals surface area contributed by atoms with Crippen LogP contribution in [0.15, 0.2) is 0 Å². The first kappa shape index (κ1) is 14.8. The van der Waals surface area contributed by atoms with Crippen LogP contribution >= 0.6 is 0 Å². The molecule has 1 saturated heterocycles. The molecule has 0 aromatic carbocycles. The maximum absolute atomic E-state index is 12.5. The van der Waals surface area contributed by atoms with Crippen molar-refractivity contribution in [3.05, 3.63) is 11.4 Å². The average molecular weight is 279 g/mol. The molecule has 3 N–H and O–H groups in total. The Hall–Kier alpha value is -1.56. The van der Waals surface area contributed by atoms with Crippen molar-refractivity contribution < 1.29 is 4.79 Å². The number of carbonyl (C=O) groups is 1. The zero-order valence-electron chi connectivity index (χ0n) is 12.8. The third-order valence-electron chi connectivity index (χ3n) is 4.17. The second-order valence-electron chi connectivity index (χ2n) is 6.00. The normalized spacial score (nSPS) is 17.6. The molecule has 2 rings (SSSR count). The lowest BCUT2D eigenvalue weighted by molar-refractivity contribution is 0.0655. The number of H-pyrrole nitrogens is 1. The second kappa shape index (κ2) is 5.83. The van der Waals surface area contributed by atoms with E-state index in [1.54, 1.807) is 4.90 Å². The van der Waals surface area contributed by atoms with Crippen molar-refractivity contribution in [2.75, 3.05) is 32.9 Å². The Morgan fingerprint density at radius 1 is 1.45 bits per heavy atom. The van der Waals surface area contributed by atoms with E-state index < -0.39 is 0 Å². The average Bonchev–Trinajstić information content (AvgIpc) is 2.80. The summed E-state index contributed by atoms with van der Waals surface area (Å²) < 4.78 is 0. The summed E-state index contributed by atoms with van der Waals surface area (Å²) in [6.07, 6.45) is 2.00. The molecule has 112 valence electrons. The van der Waals surface area contributed by atoms with Crippen LogP contribution in [0, 0.1) is 0 Å². The number of nitrogens with one attached hydrogen (secondary N) is 1. The Balaban J connectivity index is 2.11. The molecule has 1 aromatic heterocycles. The summed E-state index contributed by atoms with van der Waals surface area (Å²) in [5.74, 6) is 0.151. The summed E-state index contributed by atoms with van der Waals surface area (Å²) in [4.78, 5) is 16.6. The minimum Gasteiger partial charge on any atom is -0.395 e. The molecule has 20 heavy (non-hydrogen) atoms. The van der Waals surface area contributed by atoms with E-state index in [1.807, 2.05) is 20.9 Å². The smallest absolute Gasteiger partial charge is 0.276 e. The van der Waals surface area contributed by atoms with Gasteiger partial charge in [-0.15, -0.1) is 0 Å². The fourth-order valence-electron chi connectivity index (χ4n) is 2.68. The van der Waals surface area contributed by atoms with Gasteiger partial charge in [0.15, 0.2) is 5.69 Å². The SMILES string of the molecule is CC(C)c1[nH]nc(C(=O)N(C)C2CCN(C)CC2)c1N. The summed E-state index contributed by atoms with van der Waals surface area (Å²) in [7, 11) is 3.96. The molecule has 0 bridgehead atoms. The fraction of sp³-hybridized carbons (Fsp3) is 0.714. The number of nitrogens with zero attached hydrogens (tertiary/aromatic N) is 3. The summed E-state index contributed by atoms with van der Waals surface area (Å²) >= 11 is 0. The maximum Gasteiger partial charge on any atom is 0.276 e. The summed E-state index contributed by atoms with van der Waals surface area (Å²) in [6.45, 7) is 6.10. The van der Waals surface area contributed by atoms with Crippen LogP contribution in [0.3, 0.4) is 0 Å². The molecule has 0 spiro atoms. The highest BCUT2D eigenvalue weighted by atomic mass is 16.2. The Labute approximate surface area is 120 Å². The van der Waals surface area contributed by atoms with Crippen molar-refractivity contribution in [2.24, 2.45) is 0 Å². The number of aromatic amines is 1. The number of hydrogen-bond acceptors (Lipinski definition) is 4. The van der Waals surface area contributed by atoms with Crippen LogP contribution in [0.4, 0.5) is 5.69 Å². The van der Waals surface area contributed by atoms with Gasteiger partial charge in [0.25, 0.3) is 5.91 Å². The quantitative estimate of drug-likeness (QED) is 0.873. The minimum atomic E-state index is -0.0831. The lowest BCUT2D eigenvalue weighted by Crippen LogP contribution is -2.44. The molecule has 1 aliphatic rings. The molecule has 1 aliphatic heterocycles. The zero-order chi connectivity index (χ0) is 14.9. The number of amides is 1. The molecule has 2 heterocycles. The Morgan fingerprint density at radius 3 is 2.55 bits per heavy atom. The molecule has 0 saturated carbocycles. The van der Waals surface area contributed by atoms with Gasteiger partial charge in [-0.1, -0.05) is 13.8 Å². The van der Waals surface area contributed by atoms with Gasteiger partial charge in [0.1, 0.15) is 0 Å². The van der Waals surface area contributed by atoms with E-state index in [1.165, 1.54) is 0 Å². The molecule has 1 aromatic rings. The molecular weight excluding hydrogens is 254 g/mol. The van der Waals surface area contributed by atoms with Gasteiger partial charge in [-0.3, -0.25) is 9.89 Å². The van der Waals surface area contributed by atoms with Gasteiger partial charge in [-0.05, 0) is 38.9 Å². The lowest BCUT2D eigenvalue weighted by Gasteiger charge is -2.34. The number of aromatic nitrogens is 2. The van der Waals surface area contributed by atoms with Crippen molar-refractivity contribution >= 4 is 11.6 Å². The molecule has 1 amide bonds. The number of nitrogens with two attached hydrogens (primary N) is 1. The van der Waals surface area contributed by atoms with E-state index in [0.717, 1.165) is 31.6 Å². The predicted molar refractivity (Wildman–Crippen MR) is 79.7 cm³/mol. The third-order valence-corrected chi connectivity index (χ3v) is 4.17. The summed E-state index contributed by atoms with van der Waals surface area (Å²) in [5.41, 5.74) is 7.73. The van der Waals surface area contributed by atoms with Crippen LogP contribution in [0.5, 0.6) is 0 Å². The van der Waals surface area contributed by atoms with Gasteiger partial charge in [-0.2, -0.15) is 5.10 Å². The largest absolute Gasteiger partial charge is 0.395 e. The van der Waals surface area contributed by atoms with Gasteiger partial charge in [0.2, 0.25) is 0 Å². The van der Waals surface area contributed by atoms with Gasteiger partial charge in [0, 0.05) is 13.1 Å². The van der Waals surface area contributed by atoms with Crippen molar-refractivity contribution in [3.63, 3.8) is 0 Å². The number of anilines is 1. The van der Waals surface area contributed by atoms with Crippen molar-refractivity contribution in [2.45, 2.75) is 38.6 Å². The van der Waals surface area contributed by atoms with Crippen molar-refractivity contribution in [3.8, 4) is 0 Å². The monoisotopic (exact) mass is 279 g/mol. The number of nitrogen functional groups attached to an aromatic ring is 1. The number of rotatable bonds is 3. The van der Waals surface area contributed by atoms with Crippen LogP contribution in [0.25, 0.3) is 0 Å². The highest BCUT2D eigenvalue weighted by molar-refractivity contribution is 5.97. The van der Waals surface area contributed by atoms with Crippen LogP contribution in [-0.4, -0.2) is 59.1 Å². The van der Waals surface area contributed by atoms with Crippen molar-refractivity contribution in [1.29, 1.82) is 0 Å². The topological polar surface area (TPSA) is 78.2 Å². The molecule has 0 radical (unpaired) electrons. The van der Waals surface area contributed by atoms with E-state index in [4.69, 9.17) is 5.73 Å². The minimum absolute atomic E-state index is 0.0831. The standard InChI is InChI=1S/C14H25N5O/c1-9(2)12-11(15)13(17-16-12)14(20)19(4)10-5-7-18(3)8-6-10/h9-10H,5-8,15H2,1-4H3,(H,16,17). The molecular formula is C14H25N5O. The Kier molecular flexibility index (Phi) is 4.32. The highest BCUT2D eigenvalue weighted by Gasteiger charge is 2.28. The van der Waals surface area contributed by atoms with Crippen LogP contribution in [0.1, 0.15) is 48.8 Å². The first-order valence-electron chi connectivity index (χ1n) is 7.21. The number of piperidine rings is 1. The van der Waals surface area contributed by atoms with Crippen molar-refractivity contribution in [1.82, 2.24) is 20.0 Å². The van der Waals surface area contributed by atoms with Crippen LogP contribution < -0.4 is 5.73 Å². The molecule has 1 fully saturated rings. The fourth-order valence-corrected chi connectivity index (χ4v) is 2.68. The highest BCUT2D eigenvalue weighted by Crippen LogP contribution is 2.24. The van der Waals surface area contributed by atoms with E-state index in [2.05, 4.69) is 22.1 Å². The Bertz CT molecular complexity index is 474. The maximum atomic E-state index is 12.5. The summed E-state index contributed by atoms with van der Waals surface area (Å²) in [5, 5.41) is 7.00. The van der Waals surface area contributed by atoms with E-state index in [0.29, 0.717) is 11.4 Å². The number of carbonyl (C=O) groups excluding carboxylic acids is 1. The van der Waals surface area contributed by atoms with Gasteiger partial charge >= 0.3 is 0 Å². The zero-order valence-corrected chi connectivity index (χ0v) is 12.8. The second-order valence-corrected chi connectivity index (χ2v) is 6.00. The van der Waals surface area contributed by atoms with E-state index in [-0.39, 0.29) is 17.9 Å². The first-order chi connectivity index (χ1) is 9.41. The molecule has 6 nitrogen and oxygen atoms in total. The molecule has 6 heteroatoms. The van der Waals surface area contributed by atoms with Gasteiger partial charge in [0.05, 0.1) is 11.4 Å². The Morgan fingerprint density at radius 2 is 2.05 bits per heavy atom.